The molecule has 2 N–H and O–H groups in total. The number of nitrogens with zero attached hydrogens (tertiary/aromatic N) is 3. The smallest absolute Gasteiger partial charge is 0.227 e. The molecule has 0 bridgehead atoms. The molecule has 1 aromatic heterocycles. The molecule has 2 aromatic carbocycles. The molecule has 5 rings (SSSR count). The number of nitrogens with one attached hydrogen (secondary N) is 2. The maximum atomic E-state index is 15.1. The summed E-state index contributed by atoms with van der Waals surface area (Å²) in [7, 11) is -3.28. The van der Waals surface area contributed by atoms with E-state index in [2.05, 4.69) is 20.0 Å². The van der Waals surface area contributed by atoms with Gasteiger partial charge in [-0.2, -0.15) is 0 Å². The van der Waals surface area contributed by atoms with Crippen LogP contribution in [0.4, 0.5) is 30.5 Å². The highest BCUT2D eigenvalue weighted by atomic mass is 32.2. The number of hydrogen-bond donors (Lipinski definition) is 2. The molecule has 2 aliphatic rings. The molecule has 214 valence electrons. The van der Waals surface area contributed by atoms with Crippen molar-refractivity contribution >= 4 is 27.3 Å². The van der Waals surface area contributed by atoms with Crippen LogP contribution in [-0.2, 0) is 10.0 Å². The van der Waals surface area contributed by atoms with E-state index in [1.54, 1.807) is 18.2 Å². The van der Waals surface area contributed by atoms with Crippen molar-refractivity contribution in [3.05, 3.63) is 59.5 Å². The Morgan fingerprint density at radius 1 is 1.02 bits per heavy atom. The Morgan fingerprint density at radius 3 is 2.45 bits per heavy atom. The maximum Gasteiger partial charge on any atom is 0.227 e. The molecule has 0 amide bonds. The molecule has 0 saturated heterocycles. The zero-order valence-electron chi connectivity index (χ0n) is 22.5. The van der Waals surface area contributed by atoms with Gasteiger partial charge in [0.1, 0.15) is 18.1 Å². The number of benzene rings is 2. The quantitative estimate of drug-likeness (QED) is 0.385. The number of rotatable bonds is 7. The van der Waals surface area contributed by atoms with Crippen molar-refractivity contribution in [2.24, 2.45) is 0 Å². The number of halogens is 3. The van der Waals surface area contributed by atoms with Crippen LogP contribution in [-0.4, -0.2) is 49.9 Å². The molecule has 0 unspecified atom stereocenters. The van der Waals surface area contributed by atoms with Crippen molar-refractivity contribution in [1.82, 2.24) is 14.7 Å². The van der Waals surface area contributed by atoms with E-state index >= 15 is 4.39 Å². The van der Waals surface area contributed by atoms with Gasteiger partial charge >= 0.3 is 0 Å². The Balaban J connectivity index is 1.34. The third-order valence-corrected chi connectivity index (χ3v) is 8.12. The molecular formula is C28H32F3N5O3S. The predicted octanol–water partition coefficient (Wildman–Crippen LogP) is 5.49. The van der Waals surface area contributed by atoms with Gasteiger partial charge in [0.15, 0.2) is 17.4 Å². The minimum absolute atomic E-state index is 0.0198. The van der Waals surface area contributed by atoms with E-state index in [-0.39, 0.29) is 41.0 Å². The average Bonchev–Trinajstić information content (AvgIpc) is 2.89. The van der Waals surface area contributed by atoms with E-state index in [0.29, 0.717) is 55.8 Å². The van der Waals surface area contributed by atoms with Gasteiger partial charge in [0, 0.05) is 23.3 Å². The van der Waals surface area contributed by atoms with Gasteiger partial charge in [-0.1, -0.05) is 6.07 Å². The number of ether oxygens (including phenoxy) is 1. The molecule has 0 atom stereocenters. The van der Waals surface area contributed by atoms with Crippen molar-refractivity contribution in [3.63, 3.8) is 0 Å². The van der Waals surface area contributed by atoms with E-state index in [0.717, 1.165) is 12.5 Å². The minimum Gasteiger partial charge on any atom is -0.486 e. The first kappa shape index (κ1) is 28.2. The minimum atomic E-state index is -3.28. The fraction of sp³-hybridized carbons (Fsp3) is 0.429. The summed E-state index contributed by atoms with van der Waals surface area (Å²) in [6.45, 7) is 4.90. The third kappa shape index (κ3) is 6.17. The first-order chi connectivity index (χ1) is 19.0. The fourth-order valence-electron chi connectivity index (χ4n) is 5.49. The van der Waals surface area contributed by atoms with Gasteiger partial charge in [-0.15, -0.1) is 0 Å². The number of hydrogen-bond acceptors (Lipinski definition) is 7. The number of fused-ring (bicyclic) bond motifs is 1. The number of aromatic nitrogens is 2. The van der Waals surface area contributed by atoms with Crippen molar-refractivity contribution < 1.29 is 26.3 Å². The number of anilines is 3. The number of sulfonamides is 1. The maximum absolute atomic E-state index is 15.1. The molecule has 3 aromatic rings. The largest absolute Gasteiger partial charge is 0.486 e. The van der Waals surface area contributed by atoms with E-state index in [9.17, 15) is 17.2 Å². The molecule has 1 aliphatic heterocycles. The molecule has 40 heavy (non-hydrogen) atoms. The summed E-state index contributed by atoms with van der Waals surface area (Å²) in [6.07, 6.45) is 4.72. The Bertz CT molecular complexity index is 1510. The Labute approximate surface area is 232 Å². The summed E-state index contributed by atoms with van der Waals surface area (Å²) in [4.78, 5) is 10.3. The van der Waals surface area contributed by atoms with Gasteiger partial charge in [-0.3, -0.25) is 0 Å². The average molecular weight is 576 g/mol. The van der Waals surface area contributed by atoms with Crippen molar-refractivity contribution in [1.29, 1.82) is 0 Å². The highest BCUT2D eigenvalue weighted by molar-refractivity contribution is 7.88. The van der Waals surface area contributed by atoms with E-state index in [4.69, 9.17) is 4.74 Å². The SMILES string of the molecule is CC(C)N1CCOc2c(F)cc(-c3nc(Nc4ccc(C5CCC(NS(C)(=O)=O)CC5)c(F)c4)ncc3F)cc21. The molecule has 1 fully saturated rings. The zero-order chi connectivity index (χ0) is 28.6. The van der Waals surface area contributed by atoms with Crippen LogP contribution in [0.2, 0.25) is 0 Å². The third-order valence-electron chi connectivity index (χ3n) is 7.36. The molecule has 1 aliphatic carbocycles. The summed E-state index contributed by atoms with van der Waals surface area (Å²) in [5.74, 6) is -1.59. The lowest BCUT2D eigenvalue weighted by Crippen LogP contribution is -2.38. The lowest BCUT2D eigenvalue weighted by Gasteiger charge is -2.34. The van der Waals surface area contributed by atoms with Crippen LogP contribution in [0, 0.1) is 17.5 Å². The fourth-order valence-corrected chi connectivity index (χ4v) is 6.34. The predicted molar refractivity (Wildman–Crippen MR) is 148 cm³/mol. The lowest BCUT2D eigenvalue weighted by molar-refractivity contribution is 0.287. The van der Waals surface area contributed by atoms with Gasteiger partial charge in [0.2, 0.25) is 16.0 Å². The van der Waals surface area contributed by atoms with E-state index < -0.39 is 27.5 Å². The highest BCUT2D eigenvalue weighted by Crippen LogP contribution is 2.40. The molecule has 0 spiro atoms. The normalized spacial score (nSPS) is 19.3. The summed E-state index contributed by atoms with van der Waals surface area (Å²) >= 11 is 0. The topological polar surface area (TPSA) is 96.5 Å². The standard InChI is InChI=1S/C28H32F3N5O3S/c1-16(2)36-10-11-39-27-23(30)12-18(13-25(27)36)26-24(31)15-32-28(34-26)33-20-8-9-21(22(29)14-20)17-4-6-19(7-5-17)35-40(3,37)38/h8-9,12-17,19,35H,4-7,10-11H2,1-3H3,(H,32,33,34). The molecule has 8 nitrogen and oxygen atoms in total. The molecular weight excluding hydrogens is 543 g/mol. The lowest BCUT2D eigenvalue weighted by atomic mass is 9.82. The van der Waals surface area contributed by atoms with Crippen LogP contribution in [0.15, 0.2) is 36.5 Å². The summed E-state index contributed by atoms with van der Waals surface area (Å²) in [5, 5.41) is 2.91. The second-order valence-corrected chi connectivity index (χ2v) is 12.4. The van der Waals surface area contributed by atoms with E-state index in [1.165, 1.54) is 12.1 Å². The van der Waals surface area contributed by atoms with Crippen LogP contribution in [0.25, 0.3) is 11.3 Å². The second kappa shape index (κ2) is 11.2. The Hall–Kier alpha value is -3.38. The van der Waals surface area contributed by atoms with Gasteiger partial charge in [-0.05, 0) is 75.3 Å². The van der Waals surface area contributed by atoms with Gasteiger partial charge in [-0.25, -0.2) is 36.3 Å². The van der Waals surface area contributed by atoms with Crippen molar-refractivity contribution in [2.75, 3.05) is 29.6 Å². The Kier molecular flexibility index (Phi) is 7.92. The summed E-state index contributed by atoms with van der Waals surface area (Å²) in [6, 6.07) is 7.51. The first-order valence-corrected chi connectivity index (χ1v) is 15.2. The van der Waals surface area contributed by atoms with Crippen LogP contribution < -0.4 is 19.7 Å². The zero-order valence-corrected chi connectivity index (χ0v) is 23.4. The second-order valence-electron chi connectivity index (χ2n) is 10.6. The molecule has 1 saturated carbocycles. The molecule has 0 radical (unpaired) electrons. The van der Waals surface area contributed by atoms with E-state index in [1.807, 2.05) is 18.7 Å². The Morgan fingerprint density at radius 2 is 1.77 bits per heavy atom. The van der Waals surface area contributed by atoms with Crippen LogP contribution in [0.3, 0.4) is 0 Å². The van der Waals surface area contributed by atoms with Gasteiger partial charge in [0.25, 0.3) is 0 Å². The van der Waals surface area contributed by atoms with Gasteiger partial charge < -0.3 is 15.0 Å². The van der Waals surface area contributed by atoms with Crippen LogP contribution in [0.1, 0.15) is 51.0 Å². The molecule has 12 heteroatoms. The summed E-state index contributed by atoms with van der Waals surface area (Å²) in [5.41, 5.74) is 1.61. The first-order valence-electron chi connectivity index (χ1n) is 13.3. The van der Waals surface area contributed by atoms with Crippen LogP contribution in [0.5, 0.6) is 5.75 Å². The van der Waals surface area contributed by atoms with Crippen molar-refractivity contribution in [3.8, 4) is 17.0 Å². The van der Waals surface area contributed by atoms with Crippen LogP contribution >= 0.6 is 0 Å². The monoisotopic (exact) mass is 575 g/mol. The molecule has 2 heterocycles. The highest BCUT2D eigenvalue weighted by Gasteiger charge is 2.27. The van der Waals surface area contributed by atoms with Gasteiger partial charge in [0.05, 0.1) is 24.7 Å². The van der Waals surface area contributed by atoms with Crippen molar-refractivity contribution in [2.45, 2.75) is 57.5 Å². The summed E-state index contributed by atoms with van der Waals surface area (Å²) < 4.78 is 76.0.